The van der Waals surface area contributed by atoms with Gasteiger partial charge in [-0.25, -0.2) is 0 Å². The van der Waals surface area contributed by atoms with E-state index in [9.17, 15) is 4.79 Å². The summed E-state index contributed by atoms with van der Waals surface area (Å²) < 4.78 is 4.71. The predicted molar refractivity (Wildman–Crippen MR) is 73.3 cm³/mol. The molecule has 4 heteroatoms. The molecule has 1 fully saturated rings. The second-order valence-electron chi connectivity index (χ2n) is 5.89. The average molecular weight is 256 g/mol. The van der Waals surface area contributed by atoms with Crippen molar-refractivity contribution >= 4 is 5.97 Å². The molecule has 0 aromatic rings. The molecule has 106 valence electrons. The van der Waals surface area contributed by atoms with Crippen LogP contribution in [0.5, 0.6) is 0 Å². The highest BCUT2D eigenvalue weighted by Crippen LogP contribution is 2.18. The number of nitrogens with two attached hydrogens (primary N) is 1. The van der Waals surface area contributed by atoms with Crippen molar-refractivity contribution in [2.24, 2.45) is 11.7 Å². The van der Waals surface area contributed by atoms with Crippen LogP contribution < -0.4 is 5.73 Å². The maximum absolute atomic E-state index is 11.5. The Hall–Kier alpha value is -0.610. The lowest BCUT2D eigenvalue weighted by molar-refractivity contribution is -0.146. The van der Waals surface area contributed by atoms with Crippen LogP contribution in [0, 0.1) is 5.92 Å². The SMILES string of the molecule is COC(=O)C(C)(N)CCCN1CCCC(C)CC1. The van der Waals surface area contributed by atoms with E-state index in [1.165, 1.54) is 39.5 Å². The van der Waals surface area contributed by atoms with Crippen molar-refractivity contribution in [3.63, 3.8) is 0 Å². The number of rotatable bonds is 5. The molecule has 2 unspecified atom stereocenters. The molecule has 0 amide bonds. The van der Waals surface area contributed by atoms with Crippen LogP contribution in [0.2, 0.25) is 0 Å². The average Bonchev–Trinajstić information content (AvgIpc) is 2.53. The number of methoxy groups -OCH3 is 1. The number of carbonyl (C=O) groups excluding carboxylic acids is 1. The molecule has 2 N–H and O–H groups in total. The molecule has 0 aliphatic carbocycles. The highest BCUT2D eigenvalue weighted by atomic mass is 16.5. The van der Waals surface area contributed by atoms with Gasteiger partial charge in [-0.2, -0.15) is 0 Å². The minimum atomic E-state index is -0.839. The summed E-state index contributed by atoms with van der Waals surface area (Å²) in [5, 5.41) is 0. The summed E-state index contributed by atoms with van der Waals surface area (Å²) in [6.45, 7) is 7.49. The third-order valence-corrected chi connectivity index (χ3v) is 3.93. The fourth-order valence-corrected chi connectivity index (χ4v) is 2.55. The first-order chi connectivity index (χ1) is 8.45. The lowest BCUT2D eigenvalue weighted by atomic mass is 9.97. The van der Waals surface area contributed by atoms with Gasteiger partial charge in [0.2, 0.25) is 0 Å². The topological polar surface area (TPSA) is 55.6 Å². The zero-order chi connectivity index (χ0) is 13.6. The molecule has 1 saturated heterocycles. The molecule has 1 aliphatic rings. The first-order valence-electron chi connectivity index (χ1n) is 7.05. The lowest BCUT2D eigenvalue weighted by Gasteiger charge is -2.24. The minimum Gasteiger partial charge on any atom is -0.468 e. The van der Waals surface area contributed by atoms with Gasteiger partial charge in [0.15, 0.2) is 0 Å². The Bertz CT molecular complexity index is 267. The Balaban J connectivity index is 2.26. The lowest BCUT2D eigenvalue weighted by Crippen LogP contribution is -2.46. The zero-order valence-corrected chi connectivity index (χ0v) is 12.1. The molecule has 0 aromatic heterocycles. The molecule has 0 radical (unpaired) electrons. The number of hydrogen-bond acceptors (Lipinski definition) is 4. The molecule has 2 atom stereocenters. The van der Waals surface area contributed by atoms with E-state index in [1.807, 2.05) is 0 Å². The summed E-state index contributed by atoms with van der Waals surface area (Å²) >= 11 is 0. The summed E-state index contributed by atoms with van der Waals surface area (Å²) in [6.07, 6.45) is 5.56. The number of hydrogen-bond donors (Lipinski definition) is 1. The summed E-state index contributed by atoms with van der Waals surface area (Å²) in [5.74, 6) is 0.539. The smallest absolute Gasteiger partial charge is 0.325 e. The number of esters is 1. The number of likely N-dealkylation sites (tertiary alicyclic amines) is 1. The van der Waals surface area contributed by atoms with Crippen LogP contribution in [0.4, 0.5) is 0 Å². The van der Waals surface area contributed by atoms with Gasteiger partial charge in [-0.15, -0.1) is 0 Å². The van der Waals surface area contributed by atoms with E-state index < -0.39 is 5.54 Å². The Kier molecular flexibility index (Phi) is 6.09. The number of nitrogens with zero attached hydrogens (tertiary/aromatic N) is 1. The van der Waals surface area contributed by atoms with Crippen molar-refractivity contribution in [3.05, 3.63) is 0 Å². The van der Waals surface area contributed by atoms with E-state index in [4.69, 9.17) is 10.5 Å². The first-order valence-corrected chi connectivity index (χ1v) is 7.05. The third kappa shape index (κ3) is 4.94. The normalized spacial score (nSPS) is 25.2. The van der Waals surface area contributed by atoms with Gasteiger partial charge < -0.3 is 15.4 Å². The van der Waals surface area contributed by atoms with Crippen LogP contribution >= 0.6 is 0 Å². The molecular weight excluding hydrogens is 228 g/mol. The predicted octanol–water partition coefficient (Wildman–Crippen LogP) is 1.78. The molecule has 1 rings (SSSR count). The van der Waals surface area contributed by atoms with Gasteiger partial charge >= 0.3 is 5.97 Å². The molecule has 0 aromatic carbocycles. The Morgan fingerprint density at radius 1 is 1.44 bits per heavy atom. The van der Waals surface area contributed by atoms with E-state index in [-0.39, 0.29) is 5.97 Å². The molecule has 0 saturated carbocycles. The Morgan fingerprint density at radius 3 is 2.83 bits per heavy atom. The molecule has 0 spiro atoms. The second kappa shape index (κ2) is 7.10. The van der Waals surface area contributed by atoms with Crippen LogP contribution in [0.15, 0.2) is 0 Å². The van der Waals surface area contributed by atoms with Gasteiger partial charge in [-0.1, -0.05) is 6.92 Å². The van der Waals surface area contributed by atoms with E-state index >= 15 is 0 Å². The van der Waals surface area contributed by atoms with Crippen molar-refractivity contribution < 1.29 is 9.53 Å². The second-order valence-corrected chi connectivity index (χ2v) is 5.89. The first kappa shape index (κ1) is 15.4. The van der Waals surface area contributed by atoms with Gasteiger partial charge in [0.1, 0.15) is 5.54 Å². The number of carbonyl (C=O) groups is 1. The quantitative estimate of drug-likeness (QED) is 0.762. The van der Waals surface area contributed by atoms with Crippen LogP contribution in [0.25, 0.3) is 0 Å². The van der Waals surface area contributed by atoms with E-state index in [0.29, 0.717) is 6.42 Å². The fraction of sp³-hybridized carbons (Fsp3) is 0.929. The van der Waals surface area contributed by atoms with Crippen LogP contribution in [-0.4, -0.2) is 43.2 Å². The molecule has 1 aliphatic heterocycles. The zero-order valence-electron chi connectivity index (χ0n) is 12.1. The van der Waals surface area contributed by atoms with E-state index in [2.05, 4.69) is 11.8 Å². The summed E-state index contributed by atoms with van der Waals surface area (Å²) in [7, 11) is 1.39. The van der Waals surface area contributed by atoms with Gasteiger partial charge in [-0.05, 0) is 64.6 Å². The fourth-order valence-electron chi connectivity index (χ4n) is 2.55. The summed E-state index contributed by atoms with van der Waals surface area (Å²) in [6, 6.07) is 0. The summed E-state index contributed by atoms with van der Waals surface area (Å²) in [4.78, 5) is 13.9. The maximum Gasteiger partial charge on any atom is 0.325 e. The number of ether oxygens (including phenoxy) is 1. The molecule has 1 heterocycles. The van der Waals surface area contributed by atoms with Crippen molar-refractivity contribution in [1.29, 1.82) is 0 Å². The molecule has 18 heavy (non-hydrogen) atoms. The van der Waals surface area contributed by atoms with Crippen molar-refractivity contribution in [3.8, 4) is 0 Å². The van der Waals surface area contributed by atoms with Crippen molar-refractivity contribution in [2.75, 3.05) is 26.7 Å². The Labute approximate surface area is 111 Å². The third-order valence-electron chi connectivity index (χ3n) is 3.93. The monoisotopic (exact) mass is 256 g/mol. The van der Waals surface area contributed by atoms with Gasteiger partial charge in [0, 0.05) is 0 Å². The van der Waals surface area contributed by atoms with Gasteiger partial charge in [-0.3, -0.25) is 4.79 Å². The molecule has 4 nitrogen and oxygen atoms in total. The highest BCUT2D eigenvalue weighted by molar-refractivity contribution is 5.79. The summed E-state index contributed by atoms with van der Waals surface area (Å²) in [5.41, 5.74) is 5.11. The molecule has 0 bridgehead atoms. The minimum absolute atomic E-state index is 0.313. The van der Waals surface area contributed by atoms with Crippen LogP contribution in [0.1, 0.15) is 46.0 Å². The Morgan fingerprint density at radius 2 is 2.17 bits per heavy atom. The molecular formula is C14H28N2O2. The van der Waals surface area contributed by atoms with Gasteiger partial charge in [0.05, 0.1) is 7.11 Å². The van der Waals surface area contributed by atoms with Crippen molar-refractivity contribution in [1.82, 2.24) is 4.90 Å². The largest absolute Gasteiger partial charge is 0.468 e. The van der Waals surface area contributed by atoms with Crippen LogP contribution in [-0.2, 0) is 9.53 Å². The van der Waals surface area contributed by atoms with E-state index in [1.54, 1.807) is 6.92 Å². The maximum atomic E-state index is 11.5. The van der Waals surface area contributed by atoms with Crippen molar-refractivity contribution in [2.45, 2.75) is 51.5 Å². The van der Waals surface area contributed by atoms with E-state index in [0.717, 1.165) is 18.9 Å². The highest BCUT2D eigenvalue weighted by Gasteiger charge is 2.28. The standard InChI is InChI=1S/C14H28N2O2/c1-12-6-4-9-16(11-7-12)10-5-8-14(2,15)13(17)18-3/h12H,4-11,15H2,1-3H3. The van der Waals surface area contributed by atoms with Gasteiger partial charge in [0.25, 0.3) is 0 Å². The van der Waals surface area contributed by atoms with Crippen LogP contribution in [0.3, 0.4) is 0 Å².